The number of sulfonamides is 1. The maximum atomic E-state index is 11.0. The second-order valence-corrected chi connectivity index (χ2v) is 5.41. The van der Waals surface area contributed by atoms with Crippen molar-refractivity contribution in [3.63, 3.8) is 0 Å². The van der Waals surface area contributed by atoms with Crippen molar-refractivity contribution < 1.29 is 13.2 Å². The van der Waals surface area contributed by atoms with Gasteiger partial charge >= 0.3 is 0 Å². The van der Waals surface area contributed by atoms with E-state index in [4.69, 9.17) is 0 Å². The summed E-state index contributed by atoms with van der Waals surface area (Å²) in [6.07, 6.45) is 2.17. The van der Waals surface area contributed by atoms with Crippen LogP contribution in [0, 0.1) is 0 Å². The average molecular weight is 195 g/mol. The summed E-state index contributed by atoms with van der Waals surface area (Å²) < 4.78 is 22.6. The quantitative estimate of drug-likeness (QED) is 0.561. The fraction of sp³-hybridized carbons (Fsp3) is 0.800. The predicted molar refractivity (Wildman–Crippen MR) is 43.4 cm³/mol. The first-order valence-corrected chi connectivity index (χ1v) is 5.97. The van der Waals surface area contributed by atoms with E-state index in [1.807, 2.05) is 0 Å². The summed E-state index contributed by atoms with van der Waals surface area (Å²) in [4.78, 5) is 11.0. The molecule has 1 aliphatic rings. The third-order valence-corrected chi connectivity index (χ3v) is 4.09. The molecule has 0 aliphatic carbocycles. The van der Waals surface area contributed by atoms with Gasteiger partial charge in [0.05, 0.1) is 6.26 Å². The summed E-state index contributed by atoms with van der Waals surface area (Å²) in [7, 11) is -3.33. The number of carbonyl (C=O) groups is 1. The molecule has 1 rings (SSSR count). The van der Waals surface area contributed by atoms with E-state index in [0.29, 0.717) is 12.2 Å². The Morgan fingerprint density at radius 1 is 1.55 bits per heavy atom. The maximum Gasteiger partial charge on any atom is 0.246 e. The fourth-order valence-corrected chi connectivity index (χ4v) is 2.94. The van der Waals surface area contributed by atoms with Gasteiger partial charge in [0.2, 0.25) is 15.9 Å². The van der Waals surface area contributed by atoms with Crippen LogP contribution in [-0.4, -0.2) is 30.0 Å². The number of rotatable bonds is 1. The molecule has 0 aromatic heterocycles. The van der Waals surface area contributed by atoms with Gasteiger partial charge in [-0.1, -0.05) is 0 Å². The van der Waals surface area contributed by atoms with Crippen molar-refractivity contribution in [3.8, 4) is 0 Å². The van der Waals surface area contributed by atoms with Gasteiger partial charge in [0.15, 0.2) is 0 Å². The van der Waals surface area contributed by atoms with E-state index in [9.17, 15) is 13.2 Å². The fourth-order valence-electron chi connectivity index (χ4n) is 0.815. The minimum absolute atomic E-state index is 0.302. The maximum absolute atomic E-state index is 11.0. The minimum Gasteiger partial charge on any atom is -0.273 e. The van der Waals surface area contributed by atoms with Crippen molar-refractivity contribution in [2.75, 3.05) is 12.0 Å². The molecular weight excluding hydrogens is 186 g/mol. The molecule has 11 heavy (non-hydrogen) atoms. The van der Waals surface area contributed by atoms with Crippen LogP contribution in [0.25, 0.3) is 0 Å². The van der Waals surface area contributed by atoms with Gasteiger partial charge in [-0.15, -0.1) is 0 Å². The Kier molecular flexibility index (Phi) is 2.43. The third-order valence-electron chi connectivity index (χ3n) is 1.25. The van der Waals surface area contributed by atoms with Gasteiger partial charge in [-0.2, -0.15) is 3.71 Å². The summed E-state index contributed by atoms with van der Waals surface area (Å²) in [6.45, 7) is 0. The summed E-state index contributed by atoms with van der Waals surface area (Å²) in [5.41, 5.74) is 0. The molecule has 64 valence electrons. The van der Waals surface area contributed by atoms with Crippen LogP contribution >= 0.6 is 11.9 Å². The summed E-state index contributed by atoms with van der Waals surface area (Å²) in [5, 5.41) is 0. The molecule has 1 aliphatic heterocycles. The van der Waals surface area contributed by atoms with Crippen LogP contribution in [0.1, 0.15) is 12.8 Å². The zero-order valence-corrected chi connectivity index (χ0v) is 7.74. The van der Waals surface area contributed by atoms with Gasteiger partial charge in [0.25, 0.3) is 0 Å². The van der Waals surface area contributed by atoms with Gasteiger partial charge < -0.3 is 0 Å². The van der Waals surface area contributed by atoms with Crippen LogP contribution in [0.3, 0.4) is 0 Å². The lowest BCUT2D eigenvalue weighted by molar-refractivity contribution is -0.123. The average Bonchev–Trinajstić information content (AvgIpc) is 1.86. The number of amides is 1. The molecule has 1 saturated heterocycles. The van der Waals surface area contributed by atoms with E-state index >= 15 is 0 Å². The van der Waals surface area contributed by atoms with Crippen LogP contribution in [0.15, 0.2) is 0 Å². The van der Waals surface area contributed by atoms with Crippen molar-refractivity contribution in [2.45, 2.75) is 12.8 Å². The van der Waals surface area contributed by atoms with Gasteiger partial charge in [0, 0.05) is 12.2 Å². The van der Waals surface area contributed by atoms with Crippen LogP contribution in [0.5, 0.6) is 0 Å². The highest BCUT2D eigenvalue weighted by Crippen LogP contribution is 2.23. The normalized spacial score (nSPS) is 20.5. The molecule has 0 aromatic rings. The summed E-state index contributed by atoms with van der Waals surface area (Å²) >= 11 is 1.07. The topological polar surface area (TPSA) is 54.5 Å². The van der Waals surface area contributed by atoms with E-state index in [2.05, 4.69) is 0 Å². The van der Waals surface area contributed by atoms with E-state index < -0.39 is 10.0 Å². The van der Waals surface area contributed by atoms with Crippen LogP contribution in [0.2, 0.25) is 0 Å². The summed E-state index contributed by atoms with van der Waals surface area (Å²) in [6, 6.07) is 0. The van der Waals surface area contributed by atoms with Crippen molar-refractivity contribution in [3.05, 3.63) is 0 Å². The molecule has 0 radical (unpaired) electrons. The molecule has 1 fully saturated rings. The highest BCUT2D eigenvalue weighted by Gasteiger charge is 2.26. The smallest absolute Gasteiger partial charge is 0.246 e. The molecule has 0 saturated carbocycles. The van der Waals surface area contributed by atoms with E-state index in [1.54, 1.807) is 0 Å². The largest absolute Gasteiger partial charge is 0.273 e. The van der Waals surface area contributed by atoms with Crippen LogP contribution < -0.4 is 0 Å². The Bertz CT molecular complexity index is 259. The Labute approximate surface area is 70.1 Å². The SMILES string of the molecule is CS(=O)(=O)N1SCCCC1=O. The third kappa shape index (κ3) is 2.10. The van der Waals surface area contributed by atoms with Crippen LogP contribution in [0.4, 0.5) is 0 Å². The van der Waals surface area contributed by atoms with Crippen molar-refractivity contribution in [1.82, 2.24) is 3.71 Å². The monoisotopic (exact) mass is 195 g/mol. The molecule has 1 heterocycles. The molecule has 4 nitrogen and oxygen atoms in total. The van der Waals surface area contributed by atoms with Crippen molar-refractivity contribution in [1.29, 1.82) is 0 Å². The summed E-state index contributed by atoms with van der Waals surface area (Å²) in [5.74, 6) is 0.405. The van der Waals surface area contributed by atoms with Gasteiger partial charge in [-0.3, -0.25) is 4.79 Å². The first kappa shape index (κ1) is 8.86. The molecule has 6 heteroatoms. The Balaban J connectivity index is 2.78. The lowest BCUT2D eigenvalue weighted by atomic mass is 10.3. The molecule has 0 atom stereocenters. The van der Waals surface area contributed by atoms with Crippen molar-refractivity contribution >= 4 is 27.9 Å². The second-order valence-electron chi connectivity index (χ2n) is 2.32. The molecule has 0 aromatic carbocycles. The Morgan fingerprint density at radius 2 is 2.18 bits per heavy atom. The zero-order chi connectivity index (χ0) is 8.48. The molecule has 0 N–H and O–H groups in total. The number of hydrogen-bond donors (Lipinski definition) is 0. The molecule has 1 amide bonds. The zero-order valence-electron chi connectivity index (χ0n) is 6.11. The number of carbonyl (C=O) groups excluding carboxylic acids is 1. The number of nitrogens with zero attached hydrogens (tertiary/aromatic N) is 1. The highest BCUT2D eigenvalue weighted by molar-refractivity contribution is 8.09. The highest BCUT2D eigenvalue weighted by atomic mass is 32.3. The van der Waals surface area contributed by atoms with Gasteiger partial charge in [0.1, 0.15) is 0 Å². The minimum atomic E-state index is -3.33. The number of hydrogen-bond acceptors (Lipinski definition) is 4. The predicted octanol–water partition coefficient (Wildman–Crippen LogP) is 0.217. The van der Waals surface area contributed by atoms with E-state index in [0.717, 1.165) is 28.3 Å². The van der Waals surface area contributed by atoms with Crippen LogP contribution in [-0.2, 0) is 14.8 Å². The Hall–Kier alpha value is -0.230. The molecular formula is C5H9NO3S2. The standard InChI is InChI=1S/C5H9NO3S2/c1-11(8,9)6-5(7)3-2-4-10-6/h2-4H2,1H3. The lowest BCUT2D eigenvalue weighted by Crippen LogP contribution is -2.33. The van der Waals surface area contributed by atoms with Gasteiger partial charge in [-0.25, -0.2) is 8.42 Å². The molecule has 0 spiro atoms. The first-order chi connectivity index (χ1) is 5.02. The first-order valence-electron chi connectivity index (χ1n) is 3.18. The lowest BCUT2D eigenvalue weighted by Gasteiger charge is -2.22. The van der Waals surface area contributed by atoms with Gasteiger partial charge in [-0.05, 0) is 18.4 Å². The van der Waals surface area contributed by atoms with E-state index in [-0.39, 0.29) is 5.91 Å². The molecule has 0 unspecified atom stereocenters. The van der Waals surface area contributed by atoms with E-state index in [1.165, 1.54) is 0 Å². The molecule has 0 bridgehead atoms. The Morgan fingerprint density at radius 3 is 2.55 bits per heavy atom. The van der Waals surface area contributed by atoms with Crippen molar-refractivity contribution in [2.24, 2.45) is 0 Å². The second kappa shape index (κ2) is 3.02.